The molecule has 2 heterocycles. The van der Waals surface area contributed by atoms with Gasteiger partial charge in [-0.2, -0.15) is 0 Å². The lowest BCUT2D eigenvalue weighted by molar-refractivity contribution is 0.0645. The molecule has 1 aromatic rings. The molecule has 0 saturated carbocycles. The van der Waals surface area contributed by atoms with E-state index in [1.807, 2.05) is 0 Å². The van der Waals surface area contributed by atoms with Crippen LogP contribution in [0, 0.1) is 0 Å². The Morgan fingerprint density at radius 1 is 1.69 bits per heavy atom. The number of hydrogen-bond acceptors (Lipinski definition) is 4. The van der Waals surface area contributed by atoms with Crippen molar-refractivity contribution in [2.45, 2.75) is 32.2 Å². The summed E-state index contributed by atoms with van der Waals surface area (Å²) in [4.78, 5) is 17.7. The van der Waals surface area contributed by atoms with Crippen molar-refractivity contribution in [3.63, 3.8) is 0 Å². The molecule has 1 saturated heterocycles. The molecule has 0 radical (unpaired) electrons. The van der Waals surface area contributed by atoms with E-state index in [4.69, 9.17) is 10.2 Å². The van der Waals surface area contributed by atoms with Crippen molar-refractivity contribution >= 4 is 5.91 Å². The fourth-order valence-corrected chi connectivity index (χ4v) is 1.67. The summed E-state index contributed by atoms with van der Waals surface area (Å²) in [7, 11) is 0. The molecule has 5 heteroatoms. The molecule has 88 valence electrons. The first-order valence-electron chi connectivity index (χ1n) is 5.72. The molecule has 2 rings (SSSR count). The van der Waals surface area contributed by atoms with Crippen LogP contribution in [0.5, 0.6) is 0 Å². The summed E-state index contributed by atoms with van der Waals surface area (Å²) in [6.45, 7) is 3.69. The first kappa shape index (κ1) is 11.1. The minimum absolute atomic E-state index is 0.0510. The molecule has 0 aliphatic carbocycles. The highest BCUT2D eigenvalue weighted by Crippen LogP contribution is 2.17. The first-order chi connectivity index (χ1) is 7.72. The van der Waals surface area contributed by atoms with E-state index < -0.39 is 0 Å². The standard InChI is InChI=1S/C11H17N3O2/c1-2-4-8(12)10-13-9(7-16-10)11(15)14-5-3-6-14/h7-8H,2-6,12H2,1H3. The van der Waals surface area contributed by atoms with E-state index in [9.17, 15) is 4.79 Å². The summed E-state index contributed by atoms with van der Waals surface area (Å²) in [6, 6.07) is -0.206. The third-order valence-electron chi connectivity index (χ3n) is 2.80. The lowest BCUT2D eigenvalue weighted by Gasteiger charge is -2.29. The fraction of sp³-hybridized carbons (Fsp3) is 0.636. The predicted molar refractivity (Wildman–Crippen MR) is 58.9 cm³/mol. The van der Waals surface area contributed by atoms with E-state index in [-0.39, 0.29) is 11.9 Å². The molecule has 0 bridgehead atoms. The van der Waals surface area contributed by atoms with E-state index in [1.54, 1.807) is 4.90 Å². The number of amides is 1. The highest BCUT2D eigenvalue weighted by molar-refractivity contribution is 5.92. The van der Waals surface area contributed by atoms with E-state index >= 15 is 0 Å². The van der Waals surface area contributed by atoms with E-state index in [0.29, 0.717) is 11.6 Å². The largest absolute Gasteiger partial charge is 0.446 e. The number of aromatic nitrogens is 1. The molecule has 1 aliphatic heterocycles. The second-order valence-corrected chi connectivity index (χ2v) is 4.11. The van der Waals surface area contributed by atoms with Crippen LogP contribution >= 0.6 is 0 Å². The number of carbonyl (C=O) groups is 1. The molecule has 2 N–H and O–H groups in total. The lowest BCUT2D eigenvalue weighted by atomic mass is 10.2. The van der Waals surface area contributed by atoms with Crippen LogP contribution in [0.15, 0.2) is 10.7 Å². The molecule has 0 spiro atoms. The number of likely N-dealkylation sites (tertiary alicyclic amines) is 1. The molecule has 1 fully saturated rings. The van der Waals surface area contributed by atoms with Crippen molar-refractivity contribution < 1.29 is 9.21 Å². The third kappa shape index (κ3) is 2.09. The van der Waals surface area contributed by atoms with Gasteiger partial charge in [0, 0.05) is 13.1 Å². The maximum atomic E-state index is 11.8. The second kappa shape index (κ2) is 4.65. The van der Waals surface area contributed by atoms with Crippen LogP contribution in [0.1, 0.15) is 48.6 Å². The van der Waals surface area contributed by atoms with Crippen molar-refractivity contribution in [2.75, 3.05) is 13.1 Å². The van der Waals surface area contributed by atoms with Crippen molar-refractivity contribution in [3.05, 3.63) is 17.8 Å². The highest BCUT2D eigenvalue weighted by atomic mass is 16.3. The quantitative estimate of drug-likeness (QED) is 0.835. The molecule has 5 nitrogen and oxygen atoms in total. The van der Waals surface area contributed by atoms with Gasteiger partial charge in [0.1, 0.15) is 6.26 Å². The zero-order valence-electron chi connectivity index (χ0n) is 9.48. The monoisotopic (exact) mass is 223 g/mol. The van der Waals surface area contributed by atoms with Gasteiger partial charge in [-0.25, -0.2) is 4.98 Å². The molecule has 1 aliphatic rings. The van der Waals surface area contributed by atoms with Gasteiger partial charge in [0.15, 0.2) is 5.69 Å². The Morgan fingerprint density at radius 2 is 2.44 bits per heavy atom. The van der Waals surface area contributed by atoms with Crippen molar-refractivity contribution in [2.24, 2.45) is 5.73 Å². The Bertz CT molecular complexity index is 371. The van der Waals surface area contributed by atoms with Crippen LogP contribution in [0.4, 0.5) is 0 Å². The van der Waals surface area contributed by atoms with Gasteiger partial charge in [-0.3, -0.25) is 4.79 Å². The van der Waals surface area contributed by atoms with E-state index in [2.05, 4.69) is 11.9 Å². The Balaban J connectivity index is 2.03. The predicted octanol–water partition coefficient (Wildman–Crippen LogP) is 1.32. The van der Waals surface area contributed by atoms with E-state index in [1.165, 1.54) is 6.26 Å². The summed E-state index contributed by atoms with van der Waals surface area (Å²) in [6.07, 6.45) is 4.27. The molecule has 1 aromatic heterocycles. The molecule has 1 unspecified atom stereocenters. The van der Waals surface area contributed by atoms with Gasteiger partial charge in [-0.05, 0) is 12.8 Å². The van der Waals surface area contributed by atoms with Crippen LogP contribution in [0.3, 0.4) is 0 Å². The lowest BCUT2D eigenvalue weighted by Crippen LogP contribution is -2.42. The summed E-state index contributed by atoms with van der Waals surface area (Å²) in [5.74, 6) is 0.413. The van der Waals surface area contributed by atoms with Crippen LogP contribution in [0.2, 0.25) is 0 Å². The maximum absolute atomic E-state index is 11.8. The minimum Gasteiger partial charge on any atom is -0.446 e. The molecule has 0 aromatic carbocycles. The molecule has 1 amide bonds. The van der Waals surface area contributed by atoms with E-state index in [0.717, 1.165) is 32.4 Å². The minimum atomic E-state index is -0.206. The van der Waals surface area contributed by atoms with Gasteiger partial charge in [-0.15, -0.1) is 0 Å². The average molecular weight is 223 g/mol. The highest BCUT2D eigenvalue weighted by Gasteiger charge is 2.25. The molecule has 1 atom stereocenters. The van der Waals surface area contributed by atoms with Gasteiger partial charge in [-0.1, -0.05) is 13.3 Å². The number of rotatable bonds is 4. The number of carbonyl (C=O) groups excluding carboxylic acids is 1. The van der Waals surface area contributed by atoms with Gasteiger partial charge in [0.2, 0.25) is 5.89 Å². The van der Waals surface area contributed by atoms with Crippen LogP contribution in [-0.4, -0.2) is 28.9 Å². The Kier molecular flexibility index (Phi) is 3.24. The first-order valence-corrected chi connectivity index (χ1v) is 5.72. The molecule has 16 heavy (non-hydrogen) atoms. The average Bonchev–Trinajstić information content (AvgIpc) is 2.63. The Morgan fingerprint density at radius 3 is 3.00 bits per heavy atom. The van der Waals surface area contributed by atoms with Crippen LogP contribution < -0.4 is 5.73 Å². The van der Waals surface area contributed by atoms with Crippen molar-refractivity contribution in [1.29, 1.82) is 0 Å². The fourth-order valence-electron chi connectivity index (χ4n) is 1.67. The zero-order valence-corrected chi connectivity index (χ0v) is 9.48. The topological polar surface area (TPSA) is 72.4 Å². The van der Waals surface area contributed by atoms with Gasteiger partial charge in [0.05, 0.1) is 6.04 Å². The van der Waals surface area contributed by atoms with Crippen LogP contribution in [-0.2, 0) is 0 Å². The van der Waals surface area contributed by atoms with Gasteiger partial charge < -0.3 is 15.1 Å². The SMILES string of the molecule is CCCC(N)c1nc(C(=O)N2CCC2)co1. The number of oxazole rings is 1. The van der Waals surface area contributed by atoms with Crippen molar-refractivity contribution in [1.82, 2.24) is 9.88 Å². The summed E-state index contributed by atoms with van der Waals surface area (Å²) in [5.41, 5.74) is 6.24. The van der Waals surface area contributed by atoms with Gasteiger partial charge in [0.25, 0.3) is 5.91 Å². The summed E-state index contributed by atoms with van der Waals surface area (Å²) < 4.78 is 5.24. The summed E-state index contributed by atoms with van der Waals surface area (Å²) in [5, 5.41) is 0. The number of nitrogens with zero attached hydrogens (tertiary/aromatic N) is 2. The Hall–Kier alpha value is -1.36. The maximum Gasteiger partial charge on any atom is 0.275 e. The Labute approximate surface area is 94.6 Å². The summed E-state index contributed by atoms with van der Waals surface area (Å²) >= 11 is 0. The molecular formula is C11H17N3O2. The zero-order chi connectivity index (χ0) is 11.5. The van der Waals surface area contributed by atoms with Gasteiger partial charge >= 0.3 is 0 Å². The normalized spacial score (nSPS) is 17.0. The van der Waals surface area contributed by atoms with Crippen LogP contribution in [0.25, 0.3) is 0 Å². The number of hydrogen-bond donors (Lipinski definition) is 1. The molecular weight excluding hydrogens is 206 g/mol. The van der Waals surface area contributed by atoms with Crippen molar-refractivity contribution in [3.8, 4) is 0 Å². The third-order valence-corrected chi connectivity index (χ3v) is 2.80. The second-order valence-electron chi connectivity index (χ2n) is 4.11. The smallest absolute Gasteiger partial charge is 0.275 e. The number of nitrogens with two attached hydrogens (primary N) is 1.